The number of aryl methyl sites for hydroxylation is 1. The summed E-state index contributed by atoms with van der Waals surface area (Å²) in [5.41, 5.74) is 2.46. The van der Waals surface area contributed by atoms with Gasteiger partial charge in [0.15, 0.2) is 0 Å². The number of methoxy groups -OCH3 is 1. The summed E-state index contributed by atoms with van der Waals surface area (Å²) < 4.78 is 32.3. The molecule has 0 aliphatic carbocycles. The molecule has 0 unspecified atom stereocenters. The third-order valence-corrected chi connectivity index (χ3v) is 7.47. The average Bonchev–Trinajstić information content (AvgIpc) is 2.83. The molecule has 1 saturated heterocycles. The quantitative estimate of drug-likeness (QED) is 0.443. The molecule has 3 rings (SSSR count). The number of rotatable bonds is 12. The van der Waals surface area contributed by atoms with Crippen LogP contribution in [0.2, 0.25) is 0 Å². The molecule has 1 fully saturated rings. The lowest BCUT2D eigenvalue weighted by atomic mass is 10.1. The van der Waals surface area contributed by atoms with Crippen molar-refractivity contribution < 1.29 is 17.9 Å². The van der Waals surface area contributed by atoms with Crippen LogP contribution in [0.3, 0.4) is 0 Å². The number of carbonyl (C=O) groups excluding carboxylic acids is 1. The van der Waals surface area contributed by atoms with Crippen LogP contribution in [0.15, 0.2) is 53.4 Å². The maximum Gasteiger partial charge on any atom is 0.251 e. The minimum absolute atomic E-state index is 0.0766. The van der Waals surface area contributed by atoms with Crippen LogP contribution in [0, 0.1) is 6.92 Å². The van der Waals surface area contributed by atoms with Crippen LogP contribution >= 0.6 is 0 Å². The summed E-state index contributed by atoms with van der Waals surface area (Å²) in [6.45, 7) is 8.85. The van der Waals surface area contributed by atoms with Crippen molar-refractivity contribution in [2.75, 3.05) is 59.5 Å². The van der Waals surface area contributed by atoms with Gasteiger partial charge in [0.05, 0.1) is 11.5 Å². The van der Waals surface area contributed by atoms with E-state index in [-0.39, 0.29) is 24.0 Å². The van der Waals surface area contributed by atoms with Crippen LogP contribution in [0.25, 0.3) is 0 Å². The van der Waals surface area contributed by atoms with Gasteiger partial charge < -0.3 is 15.0 Å². The molecule has 1 heterocycles. The van der Waals surface area contributed by atoms with Crippen molar-refractivity contribution in [2.45, 2.75) is 24.8 Å². The van der Waals surface area contributed by atoms with Crippen LogP contribution in [-0.2, 0) is 21.3 Å². The first kappa shape index (κ1) is 26.3. The van der Waals surface area contributed by atoms with Crippen molar-refractivity contribution in [1.82, 2.24) is 19.8 Å². The molecule has 0 atom stereocenters. The van der Waals surface area contributed by atoms with E-state index >= 15 is 0 Å². The van der Waals surface area contributed by atoms with Crippen LogP contribution < -0.4 is 10.0 Å². The highest BCUT2D eigenvalue weighted by Gasteiger charge is 2.19. The second kappa shape index (κ2) is 13.0. The van der Waals surface area contributed by atoms with Gasteiger partial charge in [0, 0.05) is 58.5 Å². The zero-order valence-corrected chi connectivity index (χ0v) is 20.9. The number of nitrogens with one attached hydrogen (secondary N) is 2. The Morgan fingerprint density at radius 2 is 1.71 bits per heavy atom. The molecule has 2 N–H and O–H groups in total. The smallest absolute Gasteiger partial charge is 0.251 e. The maximum atomic E-state index is 12.7. The van der Waals surface area contributed by atoms with Gasteiger partial charge in [-0.3, -0.25) is 9.69 Å². The minimum Gasteiger partial charge on any atom is -0.383 e. The molecule has 186 valence electrons. The highest BCUT2D eigenvalue weighted by atomic mass is 32.2. The second-order valence-corrected chi connectivity index (χ2v) is 10.3. The van der Waals surface area contributed by atoms with Crippen molar-refractivity contribution in [3.8, 4) is 0 Å². The van der Waals surface area contributed by atoms with E-state index in [2.05, 4.69) is 44.1 Å². The highest BCUT2D eigenvalue weighted by molar-refractivity contribution is 7.89. The summed E-state index contributed by atoms with van der Waals surface area (Å²) in [6.07, 6.45) is 0.847. The lowest BCUT2D eigenvalue weighted by Gasteiger charge is -2.34. The van der Waals surface area contributed by atoms with E-state index in [0.29, 0.717) is 12.1 Å². The standard InChI is InChI=1S/C25H36N4O4S/c1-21-9-10-23(34(31,32)27-12-18-33-2)19-24(21)25(30)26-11-6-13-28-14-16-29(17-15-28)20-22-7-4-3-5-8-22/h3-5,7-10,19,27H,6,11-18,20H2,1-2H3,(H,26,30). The molecule has 8 nitrogen and oxygen atoms in total. The SMILES string of the molecule is COCCNS(=O)(=O)c1ccc(C)c(C(=O)NCCCN2CCN(Cc3ccccc3)CC2)c1. The number of piperazine rings is 1. The molecule has 0 aromatic heterocycles. The molecule has 2 aromatic carbocycles. The Balaban J connectivity index is 1.41. The second-order valence-electron chi connectivity index (χ2n) is 8.58. The third-order valence-electron chi connectivity index (χ3n) is 6.01. The van der Waals surface area contributed by atoms with Crippen molar-refractivity contribution >= 4 is 15.9 Å². The third kappa shape index (κ3) is 7.89. The number of hydrogen-bond acceptors (Lipinski definition) is 6. The fourth-order valence-corrected chi connectivity index (χ4v) is 5.03. The zero-order chi connectivity index (χ0) is 24.4. The first-order chi connectivity index (χ1) is 16.4. The summed E-state index contributed by atoms with van der Waals surface area (Å²) in [6, 6.07) is 15.1. The van der Waals surface area contributed by atoms with Crippen LogP contribution in [0.5, 0.6) is 0 Å². The Morgan fingerprint density at radius 3 is 2.41 bits per heavy atom. The molecular formula is C25H36N4O4S. The minimum atomic E-state index is -3.69. The molecule has 34 heavy (non-hydrogen) atoms. The lowest BCUT2D eigenvalue weighted by molar-refractivity contribution is 0.0946. The van der Waals surface area contributed by atoms with Gasteiger partial charge in [-0.25, -0.2) is 13.1 Å². The zero-order valence-electron chi connectivity index (χ0n) is 20.1. The van der Waals surface area contributed by atoms with Gasteiger partial charge in [-0.1, -0.05) is 36.4 Å². The fraction of sp³-hybridized carbons (Fsp3) is 0.480. The van der Waals surface area contributed by atoms with E-state index in [1.165, 1.54) is 24.8 Å². The normalized spacial score (nSPS) is 15.4. The van der Waals surface area contributed by atoms with E-state index in [4.69, 9.17) is 4.74 Å². The van der Waals surface area contributed by atoms with Crippen molar-refractivity contribution in [2.24, 2.45) is 0 Å². The van der Waals surface area contributed by atoms with Crippen molar-refractivity contribution in [3.63, 3.8) is 0 Å². The summed E-state index contributed by atoms with van der Waals surface area (Å²) in [4.78, 5) is 17.7. The molecule has 0 radical (unpaired) electrons. The number of amides is 1. The number of ether oxygens (including phenoxy) is 1. The molecule has 9 heteroatoms. The van der Waals surface area contributed by atoms with Crippen molar-refractivity contribution in [1.29, 1.82) is 0 Å². The Bertz CT molecular complexity index is 1020. The Morgan fingerprint density at radius 1 is 1.00 bits per heavy atom. The van der Waals surface area contributed by atoms with Gasteiger partial charge in [-0.2, -0.15) is 0 Å². The Kier molecular flexibility index (Phi) is 10.0. The average molecular weight is 489 g/mol. The molecule has 1 aliphatic rings. The number of carbonyl (C=O) groups is 1. The first-order valence-electron chi connectivity index (χ1n) is 11.7. The first-order valence-corrected chi connectivity index (χ1v) is 13.2. The summed E-state index contributed by atoms with van der Waals surface area (Å²) in [7, 11) is -2.18. The predicted octanol–water partition coefficient (Wildman–Crippen LogP) is 1.86. The van der Waals surface area contributed by atoms with E-state index in [1.807, 2.05) is 6.07 Å². The summed E-state index contributed by atoms with van der Waals surface area (Å²) in [5.74, 6) is -0.251. The summed E-state index contributed by atoms with van der Waals surface area (Å²) in [5, 5.41) is 2.94. The number of hydrogen-bond donors (Lipinski definition) is 2. The van der Waals surface area contributed by atoms with Gasteiger partial charge in [0.2, 0.25) is 10.0 Å². The van der Waals surface area contributed by atoms with Gasteiger partial charge in [-0.05, 0) is 43.1 Å². The number of sulfonamides is 1. The van der Waals surface area contributed by atoms with E-state index in [0.717, 1.165) is 51.3 Å². The number of benzene rings is 2. The molecule has 0 bridgehead atoms. The van der Waals surface area contributed by atoms with Gasteiger partial charge in [0.25, 0.3) is 5.91 Å². The van der Waals surface area contributed by atoms with Gasteiger partial charge in [0.1, 0.15) is 0 Å². The van der Waals surface area contributed by atoms with E-state index < -0.39 is 10.0 Å². The van der Waals surface area contributed by atoms with E-state index in [1.54, 1.807) is 13.0 Å². The van der Waals surface area contributed by atoms with Crippen molar-refractivity contribution in [3.05, 3.63) is 65.2 Å². The van der Waals surface area contributed by atoms with Crippen LogP contribution in [0.4, 0.5) is 0 Å². The molecule has 2 aromatic rings. The largest absolute Gasteiger partial charge is 0.383 e. The lowest BCUT2D eigenvalue weighted by Crippen LogP contribution is -2.46. The Labute approximate surface area is 203 Å². The Hall–Kier alpha value is -2.30. The predicted molar refractivity (Wildman–Crippen MR) is 133 cm³/mol. The highest BCUT2D eigenvalue weighted by Crippen LogP contribution is 2.16. The van der Waals surface area contributed by atoms with E-state index in [9.17, 15) is 13.2 Å². The summed E-state index contributed by atoms with van der Waals surface area (Å²) >= 11 is 0. The maximum absolute atomic E-state index is 12.7. The fourth-order valence-electron chi connectivity index (χ4n) is 3.99. The number of nitrogens with zero attached hydrogens (tertiary/aromatic N) is 2. The van der Waals surface area contributed by atoms with Gasteiger partial charge in [-0.15, -0.1) is 0 Å². The van der Waals surface area contributed by atoms with Crippen LogP contribution in [-0.4, -0.2) is 83.7 Å². The topological polar surface area (TPSA) is 91.0 Å². The van der Waals surface area contributed by atoms with Gasteiger partial charge >= 0.3 is 0 Å². The molecule has 0 spiro atoms. The molecule has 1 amide bonds. The van der Waals surface area contributed by atoms with Crippen LogP contribution in [0.1, 0.15) is 27.9 Å². The molecule has 1 aliphatic heterocycles. The molecule has 0 saturated carbocycles. The molecular weight excluding hydrogens is 452 g/mol. The monoisotopic (exact) mass is 488 g/mol.